The zero-order valence-corrected chi connectivity index (χ0v) is 16.0. The molecular formula is C13H23Cl2N2O6P. The lowest BCUT2D eigenvalue weighted by molar-refractivity contribution is -0.300. The Morgan fingerprint density at radius 2 is 1.96 bits per heavy atom. The van der Waals surface area contributed by atoms with E-state index in [0.29, 0.717) is 19.7 Å². The lowest BCUT2D eigenvalue weighted by atomic mass is 10.0. The number of hydrogen-bond acceptors (Lipinski definition) is 6. The van der Waals surface area contributed by atoms with Crippen LogP contribution in [-0.4, -0.2) is 77.7 Å². The van der Waals surface area contributed by atoms with Gasteiger partial charge in [-0.25, -0.2) is 4.67 Å². The second-order valence-corrected chi connectivity index (χ2v) is 9.28. The second kappa shape index (κ2) is 6.93. The van der Waals surface area contributed by atoms with Crippen molar-refractivity contribution in [2.24, 2.45) is 0 Å². The lowest BCUT2D eigenvalue weighted by Crippen LogP contribution is -2.53. The Kier molecular flexibility index (Phi) is 5.57. The van der Waals surface area contributed by atoms with Gasteiger partial charge >= 0.3 is 7.67 Å². The summed E-state index contributed by atoms with van der Waals surface area (Å²) < 4.78 is 38.2. The Hall–Kier alpha value is 0.530. The highest BCUT2D eigenvalue weighted by Crippen LogP contribution is 2.60. The molecule has 0 aromatic carbocycles. The molecule has 0 aromatic rings. The predicted molar refractivity (Wildman–Crippen MR) is 88.2 cm³/mol. The van der Waals surface area contributed by atoms with Crippen molar-refractivity contribution in [1.29, 1.82) is 0 Å². The largest absolute Gasteiger partial charge is 0.392 e. The predicted octanol–water partition coefficient (Wildman–Crippen LogP) is 1.10. The van der Waals surface area contributed by atoms with Gasteiger partial charge in [-0.15, -0.1) is 23.2 Å². The van der Waals surface area contributed by atoms with Crippen LogP contribution in [0.1, 0.15) is 13.8 Å². The van der Waals surface area contributed by atoms with Crippen LogP contribution < -0.4 is 5.09 Å². The van der Waals surface area contributed by atoms with E-state index < -0.39 is 44.1 Å². The van der Waals surface area contributed by atoms with Gasteiger partial charge in [-0.2, -0.15) is 5.09 Å². The summed E-state index contributed by atoms with van der Waals surface area (Å²) in [6.45, 7) is 4.13. The van der Waals surface area contributed by atoms with Crippen molar-refractivity contribution in [2.75, 3.05) is 38.1 Å². The normalized spacial score (nSPS) is 43.8. The molecule has 3 fully saturated rings. The van der Waals surface area contributed by atoms with Gasteiger partial charge in [0.05, 0.1) is 13.2 Å². The van der Waals surface area contributed by atoms with Crippen molar-refractivity contribution in [3.63, 3.8) is 0 Å². The molecule has 11 heteroatoms. The summed E-state index contributed by atoms with van der Waals surface area (Å²) in [6, 6.07) is 0. The fourth-order valence-electron chi connectivity index (χ4n) is 3.30. The number of hydrogen-bond donors (Lipinski definition) is 2. The van der Waals surface area contributed by atoms with Gasteiger partial charge in [0.25, 0.3) is 0 Å². The van der Waals surface area contributed by atoms with Crippen molar-refractivity contribution in [1.82, 2.24) is 9.76 Å². The van der Waals surface area contributed by atoms with E-state index in [4.69, 9.17) is 41.9 Å². The van der Waals surface area contributed by atoms with E-state index in [1.165, 1.54) is 0 Å². The van der Waals surface area contributed by atoms with Crippen LogP contribution in [0.3, 0.4) is 0 Å². The summed E-state index contributed by atoms with van der Waals surface area (Å²) >= 11 is 11.6. The molecule has 3 aliphatic heterocycles. The molecule has 3 saturated heterocycles. The highest BCUT2D eigenvalue weighted by molar-refractivity contribution is 7.54. The third-order valence-corrected chi connectivity index (χ3v) is 7.04. The molecule has 0 aliphatic carbocycles. The Labute approximate surface area is 151 Å². The van der Waals surface area contributed by atoms with Crippen LogP contribution in [0.5, 0.6) is 0 Å². The first-order valence-corrected chi connectivity index (χ1v) is 10.5. The highest BCUT2D eigenvalue weighted by Gasteiger charge is 2.68. The first-order valence-electron chi connectivity index (χ1n) is 7.85. The molecule has 0 bridgehead atoms. The van der Waals surface area contributed by atoms with Crippen LogP contribution in [-0.2, 0) is 23.3 Å². The molecule has 3 aliphatic rings. The average Bonchev–Trinajstić information content (AvgIpc) is 2.97. The van der Waals surface area contributed by atoms with Gasteiger partial charge in [-0.1, -0.05) is 0 Å². The van der Waals surface area contributed by atoms with Gasteiger partial charge in [0.1, 0.15) is 18.3 Å². The van der Waals surface area contributed by atoms with Crippen LogP contribution in [0.15, 0.2) is 0 Å². The zero-order valence-electron chi connectivity index (χ0n) is 13.6. The zero-order chi connectivity index (χ0) is 17.6. The van der Waals surface area contributed by atoms with Crippen LogP contribution in [0, 0.1) is 0 Å². The molecule has 0 aromatic heterocycles. The number of halogens is 2. The van der Waals surface area contributed by atoms with Crippen molar-refractivity contribution in [3.05, 3.63) is 0 Å². The Balaban J connectivity index is 1.85. The summed E-state index contributed by atoms with van der Waals surface area (Å²) in [5.74, 6) is -0.266. The van der Waals surface area contributed by atoms with Crippen LogP contribution in [0.4, 0.5) is 0 Å². The Morgan fingerprint density at radius 1 is 1.29 bits per heavy atom. The van der Waals surface area contributed by atoms with Crippen molar-refractivity contribution in [2.45, 2.75) is 43.7 Å². The fourth-order valence-corrected chi connectivity index (χ4v) is 6.33. The minimum Gasteiger partial charge on any atom is -0.392 e. The summed E-state index contributed by atoms with van der Waals surface area (Å²) in [6.07, 6.45) is -1.64. The van der Waals surface area contributed by atoms with Crippen LogP contribution >= 0.6 is 30.9 Å². The highest BCUT2D eigenvalue weighted by atomic mass is 35.5. The third kappa shape index (κ3) is 3.27. The molecule has 24 heavy (non-hydrogen) atoms. The lowest BCUT2D eigenvalue weighted by Gasteiger charge is -2.38. The van der Waals surface area contributed by atoms with Gasteiger partial charge in [0.15, 0.2) is 11.5 Å². The number of aliphatic hydroxyl groups excluding tert-OH is 1. The third-order valence-electron chi connectivity index (χ3n) is 4.38. The average molecular weight is 405 g/mol. The minimum atomic E-state index is -3.47. The van der Waals surface area contributed by atoms with Crippen molar-refractivity contribution in [3.8, 4) is 0 Å². The van der Waals surface area contributed by atoms with Crippen molar-refractivity contribution >= 4 is 30.9 Å². The number of alkyl halides is 2. The van der Waals surface area contributed by atoms with Crippen molar-refractivity contribution < 1.29 is 28.4 Å². The van der Waals surface area contributed by atoms with Gasteiger partial charge < -0.3 is 19.3 Å². The minimum absolute atomic E-state index is 0.271. The molecule has 0 saturated carbocycles. The molecule has 3 rings (SSSR count). The topological polar surface area (TPSA) is 89.5 Å². The molecule has 8 nitrogen and oxygen atoms in total. The van der Waals surface area contributed by atoms with E-state index in [0.717, 1.165) is 0 Å². The van der Waals surface area contributed by atoms with Crippen LogP contribution in [0.2, 0.25) is 0 Å². The maximum atomic E-state index is 13.3. The summed E-state index contributed by atoms with van der Waals surface area (Å²) in [4.78, 5) is 0. The summed E-state index contributed by atoms with van der Waals surface area (Å²) in [5, 5.41) is 12.8. The van der Waals surface area contributed by atoms with Gasteiger partial charge in [-0.05, 0) is 13.8 Å². The number of rotatable bonds is 6. The first-order chi connectivity index (χ1) is 11.3. The Bertz CT molecular complexity index is 521. The van der Waals surface area contributed by atoms with Gasteiger partial charge in [-0.3, -0.25) is 9.09 Å². The molecule has 2 N–H and O–H groups in total. The van der Waals surface area contributed by atoms with Crippen LogP contribution in [0.25, 0.3) is 0 Å². The van der Waals surface area contributed by atoms with E-state index in [1.54, 1.807) is 18.5 Å². The monoisotopic (exact) mass is 404 g/mol. The Morgan fingerprint density at radius 3 is 2.54 bits per heavy atom. The van der Waals surface area contributed by atoms with E-state index in [-0.39, 0.29) is 11.8 Å². The molecule has 0 amide bonds. The molecular weight excluding hydrogens is 382 g/mol. The first kappa shape index (κ1) is 19.3. The number of ether oxygens (including phenoxy) is 3. The molecule has 140 valence electrons. The van der Waals surface area contributed by atoms with Gasteiger partial charge in [0.2, 0.25) is 0 Å². The number of fused-ring (bicyclic) bond motifs is 3. The molecule has 3 heterocycles. The molecule has 0 radical (unpaired) electrons. The van der Waals surface area contributed by atoms with Gasteiger partial charge in [0, 0.05) is 24.8 Å². The molecule has 0 unspecified atom stereocenters. The smallest absolute Gasteiger partial charge is 0.346 e. The second-order valence-electron chi connectivity index (χ2n) is 6.49. The standard InChI is InChI=1S/C13H23Cl2N2O6P/c1-12(2)20-7-9-10(22-12)11-13(8-18,21-9)16-24(19,23-11)17(5-3-14)6-4-15/h9-11,18H,3-8H2,1-2H3,(H,16,19)/t9-,10-,11+,13-,24+/m0/s1. The van der Waals surface area contributed by atoms with E-state index in [2.05, 4.69) is 5.09 Å². The number of nitrogens with zero attached hydrogens (tertiary/aromatic N) is 1. The fraction of sp³-hybridized carbons (Fsp3) is 1.00. The summed E-state index contributed by atoms with van der Waals surface area (Å²) in [5.41, 5.74) is -1.30. The molecule has 0 spiro atoms. The number of aliphatic hydroxyl groups is 1. The molecule has 5 atom stereocenters. The summed E-state index contributed by atoms with van der Waals surface area (Å²) in [7, 11) is -3.47. The quantitative estimate of drug-likeness (QED) is 0.502. The SMILES string of the molecule is CC1(C)OC[C@@H]2O[C@]3(CO)N[P@](=O)(N(CCCl)CCCl)O[C@@H]3[C@H]2O1. The number of nitrogens with one attached hydrogen (secondary N) is 1. The van der Waals surface area contributed by atoms with E-state index in [1.807, 2.05) is 0 Å². The maximum absolute atomic E-state index is 13.3. The van der Waals surface area contributed by atoms with E-state index in [9.17, 15) is 9.67 Å². The van der Waals surface area contributed by atoms with E-state index >= 15 is 0 Å². The maximum Gasteiger partial charge on any atom is 0.346 e.